The molecule has 4 aromatic carbocycles. The highest BCUT2D eigenvalue weighted by Crippen LogP contribution is 2.47. The number of nitrogens with one attached hydrogen (secondary N) is 1. The van der Waals surface area contributed by atoms with Gasteiger partial charge in [0, 0.05) is 41.2 Å². The number of carboxylic acid groups (broad SMARTS) is 1. The summed E-state index contributed by atoms with van der Waals surface area (Å²) < 4.78 is 12.2. The number of benzene rings is 4. The Labute approximate surface area is 267 Å². The molecule has 9 nitrogen and oxygen atoms in total. The standard InChI is InChI=1S/C37H36N4O5/c1-36(2,3)21-16-25(37(4,5)6)35-29(17-21)40-28-19-31-27(20-32(28)46-35)39-26-13-12-24(45-7)18-30(26)41(31)23-10-8-22(9-11-23)38-33(42)14-15-34(43)44/h8-20H,1-7H3,(H,38,42)(H,43,44)/b15-14-. The normalized spacial score (nSPS) is 13.3. The Morgan fingerprint density at radius 3 is 2.20 bits per heavy atom. The molecule has 0 saturated heterocycles. The Morgan fingerprint density at radius 2 is 1.54 bits per heavy atom. The Balaban J connectivity index is 1.50. The van der Waals surface area contributed by atoms with Crippen molar-refractivity contribution in [2.75, 3.05) is 17.3 Å². The molecule has 0 aromatic heterocycles. The maximum Gasteiger partial charge on any atom is 0.328 e. The van der Waals surface area contributed by atoms with Crippen LogP contribution in [0.3, 0.4) is 0 Å². The number of rotatable bonds is 5. The lowest BCUT2D eigenvalue weighted by Crippen LogP contribution is -2.27. The summed E-state index contributed by atoms with van der Waals surface area (Å²) in [5.74, 6) is 0.349. The fourth-order valence-electron chi connectivity index (χ4n) is 5.48. The van der Waals surface area contributed by atoms with E-state index in [1.807, 2.05) is 42.5 Å². The fourth-order valence-corrected chi connectivity index (χ4v) is 5.48. The molecule has 0 aliphatic carbocycles. The van der Waals surface area contributed by atoms with Crippen molar-refractivity contribution in [3.63, 3.8) is 0 Å². The summed E-state index contributed by atoms with van der Waals surface area (Å²) in [6.45, 7) is 13.1. The number of ether oxygens (including phenoxy) is 2. The first kappa shape index (κ1) is 30.6. The van der Waals surface area contributed by atoms with Gasteiger partial charge < -0.3 is 24.8 Å². The number of carbonyl (C=O) groups is 2. The van der Waals surface area contributed by atoms with E-state index in [0.29, 0.717) is 22.5 Å². The highest BCUT2D eigenvalue weighted by atomic mass is 16.5. The zero-order valence-electron chi connectivity index (χ0n) is 26.9. The van der Waals surface area contributed by atoms with Crippen molar-refractivity contribution in [1.29, 1.82) is 0 Å². The number of methoxy groups -OCH3 is 1. The van der Waals surface area contributed by atoms with Gasteiger partial charge in [-0.2, -0.15) is 0 Å². The van der Waals surface area contributed by atoms with Gasteiger partial charge in [0.05, 0.1) is 29.5 Å². The van der Waals surface area contributed by atoms with Crippen LogP contribution < -0.4 is 30.4 Å². The lowest BCUT2D eigenvalue weighted by molar-refractivity contribution is -0.131. The third kappa shape index (κ3) is 5.83. The highest BCUT2D eigenvalue weighted by Gasteiger charge is 2.30. The predicted octanol–water partition coefficient (Wildman–Crippen LogP) is 7.66. The van der Waals surface area contributed by atoms with Crippen molar-refractivity contribution in [2.24, 2.45) is 9.98 Å². The first-order chi connectivity index (χ1) is 21.7. The maximum atomic E-state index is 12.2. The largest absolute Gasteiger partial charge is 0.497 e. The summed E-state index contributed by atoms with van der Waals surface area (Å²) in [6.07, 6.45) is 1.77. The summed E-state index contributed by atoms with van der Waals surface area (Å²) in [5.41, 5.74) is 6.55. The fraction of sp³-hybridized carbons (Fsp3) is 0.243. The molecule has 0 saturated carbocycles. The van der Waals surface area contributed by atoms with Crippen LogP contribution >= 0.6 is 0 Å². The van der Waals surface area contributed by atoms with E-state index < -0.39 is 11.9 Å². The molecule has 46 heavy (non-hydrogen) atoms. The third-order valence-corrected chi connectivity index (χ3v) is 7.93. The number of hydrogen-bond donors (Lipinski definition) is 2. The van der Waals surface area contributed by atoms with E-state index in [9.17, 15) is 9.59 Å². The molecule has 0 atom stereocenters. The second-order valence-electron chi connectivity index (χ2n) is 13.4. The molecule has 2 heterocycles. The second-order valence-corrected chi connectivity index (χ2v) is 13.4. The van der Waals surface area contributed by atoms with E-state index in [4.69, 9.17) is 24.6 Å². The van der Waals surface area contributed by atoms with Crippen molar-refractivity contribution < 1.29 is 24.2 Å². The van der Waals surface area contributed by atoms with E-state index in [1.54, 1.807) is 19.2 Å². The first-order valence-corrected chi connectivity index (χ1v) is 15.0. The van der Waals surface area contributed by atoms with Crippen LogP contribution in [0.2, 0.25) is 0 Å². The molecular formula is C37H36N4O5. The van der Waals surface area contributed by atoms with Gasteiger partial charge in [-0.25, -0.2) is 14.8 Å². The van der Waals surface area contributed by atoms with Crippen LogP contribution in [-0.4, -0.2) is 24.1 Å². The molecule has 0 bridgehead atoms. The minimum Gasteiger partial charge on any atom is -0.497 e. The Bertz CT molecular complexity index is 2050. The molecular weight excluding hydrogens is 580 g/mol. The number of carbonyl (C=O) groups excluding carboxylic acids is 1. The summed E-state index contributed by atoms with van der Waals surface area (Å²) in [6, 6.07) is 21.3. The predicted molar refractivity (Wildman–Crippen MR) is 179 cm³/mol. The van der Waals surface area contributed by atoms with Gasteiger partial charge in [0.15, 0.2) is 11.5 Å². The Morgan fingerprint density at radius 1 is 0.826 bits per heavy atom. The summed E-state index contributed by atoms with van der Waals surface area (Å²) in [7, 11) is 1.62. The van der Waals surface area contributed by atoms with Crippen molar-refractivity contribution in [3.05, 3.63) is 101 Å². The van der Waals surface area contributed by atoms with Crippen molar-refractivity contribution in [1.82, 2.24) is 0 Å². The van der Waals surface area contributed by atoms with E-state index >= 15 is 0 Å². The van der Waals surface area contributed by atoms with Gasteiger partial charge in [-0.05, 0) is 64.9 Å². The van der Waals surface area contributed by atoms with Crippen LogP contribution in [0.25, 0.3) is 0 Å². The van der Waals surface area contributed by atoms with Gasteiger partial charge in [-0.1, -0.05) is 47.6 Å². The molecule has 6 rings (SSSR count). The quantitative estimate of drug-likeness (QED) is 0.192. The molecule has 234 valence electrons. The number of hydrogen-bond acceptors (Lipinski definition) is 7. The molecule has 0 spiro atoms. The molecule has 2 aliphatic heterocycles. The zero-order chi connectivity index (χ0) is 33.0. The summed E-state index contributed by atoms with van der Waals surface area (Å²) in [5, 5.41) is 12.9. The van der Waals surface area contributed by atoms with E-state index in [2.05, 4.69) is 63.9 Å². The minimum absolute atomic E-state index is 0.0721. The highest BCUT2D eigenvalue weighted by molar-refractivity contribution is 6.02. The van der Waals surface area contributed by atoms with Gasteiger partial charge >= 0.3 is 5.97 Å². The Kier molecular flexibility index (Phi) is 7.43. The number of anilines is 4. The van der Waals surface area contributed by atoms with Crippen LogP contribution in [0.4, 0.5) is 34.1 Å². The summed E-state index contributed by atoms with van der Waals surface area (Å²) >= 11 is 0. The summed E-state index contributed by atoms with van der Waals surface area (Å²) in [4.78, 5) is 35.2. The van der Waals surface area contributed by atoms with Gasteiger partial charge in [0.1, 0.15) is 16.8 Å². The van der Waals surface area contributed by atoms with Crippen LogP contribution in [0.15, 0.2) is 88.9 Å². The number of amides is 1. The number of aliphatic carboxylic acids is 1. The minimum atomic E-state index is -1.19. The molecule has 0 fully saturated rings. The van der Waals surface area contributed by atoms with Crippen LogP contribution in [-0.2, 0) is 20.4 Å². The van der Waals surface area contributed by atoms with E-state index in [1.165, 1.54) is 5.56 Å². The zero-order valence-corrected chi connectivity index (χ0v) is 26.9. The van der Waals surface area contributed by atoms with Crippen molar-refractivity contribution in [3.8, 4) is 17.2 Å². The number of carboxylic acids is 1. The third-order valence-electron chi connectivity index (χ3n) is 7.93. The van der Waals surface area contributed by atoms with E-state index in [-0.39, 0.29) is 10.8 Å². The number of nitrogens with zero attached hydrogens (tertiary/aromatic N) is 3. The number of fused-ring (bicyclic) bond motifs is 4. The van der Waals surface area contributed by atoms with Gasteiger partial charge in [0.2, 0.25) is 5.91 Å². The molecule has 0 radical (unpaired) electrons. The maximum absolute atomic E-state index is 12.2. The lowest BCUT2D eigenvalue weighted by Gasteiger charge is -2.31. The monoisotopic (exact) mass is 616 g/mol. The van der Waals surface area contributed by atoms with Crippen LogP contribution in [0, 0.1) is 0 Å². The van der Waals surface area contributed by atoms with Gasteiger partial charge in [-0.3, -0.25) is 4.79 Å². The molecule has 4 aromatic rings. The molecule has 1 amide bonds. The smallest absolute Gasteiger partial charge is 0.328 e. The second kappa shape index (κ2) is 11.2. The van der Waals surface area contributed by atoms with Gasteiger partial charge in [0.25, 0.3) is 0 Å². The van der Waals surface area contributed by atoms with Crippen LogP contribution in [0.5, 0.6) is 17.2 Å². The van der Waals surface area contributed by atoms with Crippen molar-refractivity contribution >= 4 is 46.0 Å². The van der Waals surface area contributed by atoms with E-state index in [0.717, 1.165) is 57.3 Å². The first-order valence-electron chi connectivity index (χ1n) is 15.0. The topological polar surface area (TPSA) is 113 Å². The van der Waals surface area contributed by atoms with Crippen molar-refractivity contribution in [2.45, 2.75) is 52.4 Å². The Hall–Kier alpha value is -5.44. The lowest BCUT2D eigenvalue weighted by atomic mass is 9.79. The average molecular weight is 617 g/mol. The molecule has 2 N–H and O–H groups in total. The average Bonchev–Trinajstić information content (AvgIpc) is 2.99. The molecule has 9 heteroatoms. The molecule has 0 unspecified atom stereocenters. The molecule has 2 aliphatic rings. The van der Waals surface area contributed by atoms with Gasteiger partial charge in [-0.15, -0.1) is 0 Å². The van der Waals surface area contributed by atoms with Crippen LogP contribution in [0.1, 0.15) is 52.7 Å². The SMILES string of the molecule is COc1ccc2c(c1)N(c1ccc(NC(=O)/C=C\C(=O)O)cc1)c1cc3c(cc1=N2)Oc1c(cc(C(C)(C)C)cc1C(C)(C)C)N=3.